The quantitative estimate of drug-likeness (QED) is 0.0558. The number of aromatic nitrogens is 4. The Kier molecular flexibility index (Phi) is 13.5. The van der Waals surface area contributed by atoms with Crippen molar-refractivity contribution in [2.45, 2.75) is 129 Å². The Balaban J connectivity index is 1.68. The third kappa shape index (κ3) is 8.71. The van der Waals surface area contributed by atoms with Crippen molar-refractivity contribution in [3.8, 4) is 11.1 Å². The summed E-state index contributed by atoms with van der Waals surface area (Å²) in [5.74, 6) is -0.383. The van der Waals surface area contributed by atoms with Crippen LogP contribution >= 0.6 is 0 Å². The largest absolute Gasteiger partial charge is 0.465 e. The van der Waals surface area contributed by atoms with E-state index in [-0.39, 0.29) is 5.97 Å². The molecule has 0 aliphatic carbocycles. The number of methoxy groups -OCH3 is 1. The molecule has 8 bridgehead atoms. The van der Waals surface area contributed by atoms with Crippen molar-refractivity contribution in [2.24, 2.45) is 0 Å². The number of aryl methyl sites for hydroxylation is 2. The number of hydrogen-bond donors (Lipinski definition) is 4. The second-order valence-electron chi connectivity index (χ2n) is 14.9. The van der Waals surface area contributed by atoms with Crippen molar-refractivity contribution < 1.29 is 19.7 Å². The van der Waals surface area contributed by atoms with Crippen LogP contribution in [0.4, 0.5) is 0 Å². The first-order valence-corrected chi connectivity index (χ1v) is 20.4. The van der Waals surface area contributed by atoms with Crippen LogP contribution in [0.5, 0.6) is 0 Å². The van der Waals surface area contributed by atoms with Crippen LogP contribution < -0.4 is 0 Å². The fourth-order valence-electron chi connectivity index (χ4n) is 7.91. The van der Waals surface area contributed by atoms with Gasteiger partial charge < -0.3 is 24.9 Å². The Hall–Kier alpha value is -4.53. The third-order valence-electron chi connectivity index (χ3n) is 11.0. The fraction of sp³-hybridized carbons (Fsp3) is 0.457. The molecule has 0 radical (unpaired) electrons. The van der Waals surface area contributed by atoms with E-state index in [0.717, 1.165) is 133 Å². The molecule has 3 aromatic heterocycles. The molecule has 4 N–H and O–H groups in total. The summed E-state index contributed by atoms with van der Waals surface area (Å²) in [7, 11) is 1.39. The highest BCUT2D eigenvalue weighted by Gasteiger charge is 2.34. The van der Waals surface area contributed by atoms with Crippen LogP contribution in [0.2, 0.25) is 0 Å². The van der Waals surface area contributed by atoms with Crippen molar-refractivity contribution in [3.63, 3.8) is 0 Å². The van der Waals surface area contributed by atoms with Gasteiger partial charge in [0.2, 0.25) is 0 Å². The van der Waals surface area contributed by atoms with Gasteiger partial charge in [-0.1, -0.05) is 90.7 Å². The minimum absolute atomic E-state index is 0.383. The van der Waals surface area contributed by atoms with Crippen LogP contribution in [0.3, 0.4) is 0 Å². The lowest BCUT2D eigenvalue weighted by Gasteiger charge is -2.13. The highest BCUT2D eigenvalue weighted by molar-refractivity contribution is 5.94. The number of aromatic amines is 2. The number of carbonyl (C=O) groups excluding carboxylic acids is 1. The third-order valence-corrected chi connectivity index (χ3v) is 11.0. The molecule has 0 unspecified atom stereocenters. The summed E-state index contributed by atoms with van der Waals surface area (Å²) in [5, 5.41) is 23.6. The van der Waals surface area contributed by atoms with Gasteiger partial charge in [0.15, 0.2) is 0 Å². The summed E-state index contributed by atoms with van der Waals surface area (Å²) in [6.45, 7) is 6.65. The molecule has 1 aromatic carbocycles. The van der Waals surface area contributed by atoms with E-state index in [1.54, 1.807) is 12.1 Å². The Morgan fingerprint density at radius 3 is 1.65 bits per heavy atom. The van der Waals surface area contributed by atoms with Gasteiger partial charge >= 0.3 is 5.97 Å². The zero-order valence-electron chi connectivity index (χ0n) is 32.6. The molecule has 8 nitrogen and oxygen atoms in total. The number of H-pyrrole nitrogens is 2. The van der Waals surface area contributed by atoms with Crippen LogP contribution in [0, 0.1) is 0 Å². The van der Waals surface area contributed by atoms with E-state index in [2.05, 4.69) is 55.0 Å². The van der Waals surface area contributed by atoms with Gasteiger partial charge in [-0.05, 0) is 104 Å². The van der Waals surface area contributed by atoms with Gasteiger partial charge in [-0.3, -0.25) is 4.98 Å². The van der Waals surface area contributed by atoms with Crippen LogP contribution in [-0.4, -0.2) is 43.2 Å². The van der Waals surface area contributed by atoms with Crippen LogP contribution in [-0.2, 0) is 24.0 Å². The molecule has 6 rings (SSSR count). The van der Waals surface area contributed by atoms with Gasteiger partial charge in [-0.25, -0.2) is 9.78 Å². The number of aliphatic hydroxyl groups is 2. The van der Waals surface area contributed by atoms with E-state index in [1.165, 1.54) is 25.5 Å². The number of nitrogens with one attached hydrogen (secondary N) is 2. The molecule has 0 saturated carbocycles. The van der Waals surface area contributed by atoms with Gasteiger partial charge in [-0.2, -0.15) is 0 Å². The van der Waals surface area contributed by atoms with Crippen molar-refractivity contribution in [3.05, 3.63) is 93.6 Å². The van der Waals surface area contributed by atoms with Crippen LogP contribution in [0.15, 0.2) is 48.5 Å². The number of fused-ring (bicyclic) bond motifs is 8. The number of unbranched alkanes of at least 4 members (excludes halogenated alkanes) is 9. The van der Waals surface area contributed by atoms with E-state index in [0.29, 0.717) is 23.4 Å². The Morgan fingerprint density at radius 2 is 1.07 bits per heavy atom. The predicted molar refractivity (Wildman–Crippen MR) is 220 cm³/mol. The van der Waals surface area contributed by atoms with E-state index in [9.17, 15) is 15.0 Å². The number of carbonyl (C=O) groups is 1. The summed E-state index contributed by atoms with van der Waals surface area (Å²) in [6.07, 6.45) is 17.3. The predicted octanol–water partition coefficient (Wildman–Crippen LogP) is 11.1. The molecule has 2 atom stereocenters. The molecule has 2 aliphatic rings. The average molecular weight is 731 g/mol. The zero-order chi connectivity index (χ0) is 38.0. The molecule has 4 aromatic rings. The van der Waals surface area contributed by atoms with Crippen molar-refractivity contribution in [1.82, 2.24) is 19.9 Å². The Labute approximate surface area is 320 Å². The van der Waals surface area contributed by atoms with Gasteiger partial charge in [0.05, 0.1) is 35.4 Å². The van der Waals surface area contributed by atoms with E-state index < -0.39 is 12.2 Å². The van der Waals surface area contributed by atoms with Crippen molar-refractivity contribution >= 4 is 40.2 Å². The lowest BCUT2D eigenvalue weighted by atomic mass is 9.98. The second kappa shape index (κ2) is 18.7. The molecule has 0 amide bonds. The van der Waals surface area contributed by atoms with Gasteiger partial charge in [0.25, 0.3) is 0 Å². The van der Waals surface area contributed by atoms with Crippen molar-refractivity contribution in [2.75, 3.05) is 7.11 Å². The molecule has 0 fully saturated rings. The lowest BCUT2D eigenvalue weighted by Crippen LogP contribution is -2.08. The summed E-state index contributed by atoms with van der Waals surface area (Å²) < 4.78 is 4.98. The SMILES string of the molecule is CCCCCCc1c2nc(c(-c3ccc(C(=O)OC)cc3)c3ccc([nH]3)c(CCCCCC)c3ccc([nH]3)c(CCCCCC)c3nc1[C@@H](O)[C@H]3O)C=C2. The molecule has 0 spiro atoms. The maximum Gasteiger partial charge on any atom is 0.337 e. The van der Waals surface area contributed by atoms with E-state index in [1.807, 2.05) is 24.3 Å². The first kappa shape index (κ1) is 39.2. The number of ether oxygens (including phenoxy) is 1. The second-order valence-corrected chi connectivity index (χ2v) is 14.9. The summed E-state index contributed by atoms with van der Waals surface area (Å²) in [4.78, 5) is 30.3. The fourth-order valence-corrected chi connectivity index (χ4v) is 7.91. The minimum atomic E-state index is -1.15. The highest BCUT2D eigenvalue weighted by Crippen LogP contribution is 2.39. The molecule has 2 aliphatic heterocycles. The van der Waals surface area contributed by atoms with Crippen molar-refractivity contribution in [1.29, 1.82) is 0 Å². The maximum absolute atomic E-state index is 12.4. The standard InChI is InChI=1S/C46H58N4O4/c1-5-8-11-14-17-32-35-24-25-37(47-35)33(18-15-12-9-6-2)42-44(51)45(52)43(50-42)34(19-16-13-10-7-3)38-27-29-40(49-38)41(39-28-26-36(32)48-39)30-20-22-31(23-21-30)46(53)54-4/h20-29,44-45,47-48,51-52H,5-19H2,1-4H3/t44-,45+/m0/s1. The monoisotopic (exact) mass is 730 g/mol. The lowest BCUT2D eigenvalue weighted by molar-refractivity contribution is 0.0244. The van der Waals surface area contributed by atoms with E-state index in [4.69, 9.17) is 14.7 Å². The number of nitrogens with zero attached hydrogens (tertiary/aromatic N) is 2. The maximum atomic E-state index is 12.4. The summed E-state index contributed by atoms with van der Waals surface area (Å²) in [5.41, 5.74) is 11.8. The van der Waals surface area contributed by atoms with Gasteiger partial charge in [0.1, 0.15) is 12.2 Å². The minimum Gasteiger partial charge on any atom is -0.465 e. The number of rotatable bonds is 17. The first-order valence-electron chi connectivity index (χ1n) is 20.4. The van der Waals surface area contributed by atoms with Crippen LogP contribution in [0.25, 0.3) is 45.3 Å². The Bertz CT molecular complexity index is 2090. The smallest absolute Gasteiger partial charge is 0.337 e. The molecule has 0 saturated heterocycles. The summed E-state index contributed by atoms with van der Waals surface area (Å²) in [6, 6.07) is 16.0. The number of hydrogen-bond acceptors (Lipinski definition) is 6. The number of benzene rings is 1. The number of aliphatic hydroxyl groups excluding tert-OH is 2. The van der Waals surface area contributed by atoms with Crippen LogP contribution in [0.1, 0.15) is 160 Å². The topological polar surface area (TPSA) is 124 Å². The van der Waals surface area contributed by atoms with E-state index >= 15 is 0 Å². The normalized spacial score (nSPS) is 15.2. The average Bonchev–Trinajstić information content (AvgIpc) is 4.02. The highest BCUT2D eigenvalue weighted by atomic mass is 16.5. The zero-order valence-corrected chi connectivity index (χ0v) is 32.6. The van der Waals surface area contributed by atoms with Gasteiger partial charge in [0, 0.05) is 33.2 Å². The molecule has 54 heavy (non-hydrogen) atoms. The molecule has 5 heterocycles. The molecular weight excluding hydrogens is 673 g/mol. The number of esters is 1. The molecule has 8 heteroatoms. The first-order chi connectivity index (χ1) is 26.4. The molecular formula is C46H58N4O4. The summed E-state index contributed by atoms with van der Waals surface area (Å²) >= 11 is 0. The van der Waals surface area contributed by atoms with Gasteiger partial charge in [-0.15, -0.1) is 0 Å². The Morgan fingerprint density at radius 1 is 0.593 bits per heavy atom. The molecule has 286 valence electrons.